The molecule has 32 heavy (non-hydrogen) atoms. The quantitative estimate of drug-likeness (QED) is 0.252. The topological polar surface area (TPSA) is 101 Å². The highest BCUT2D eigenvalue weighted by Gasteiger charge is 2.22. The number of aromatic hydroxyl groups is 5. The summed E-state index contributed by atoms with van der Waals surface area (Å²) in [4.78, 5) is 0. The Morgan fingerprint density at radius 1 is 0.438 bits per heavy atom. The number of aryl methyl sites for hydroxylation is 3. The van der Waals surface area contributed by atoms with Crippen LogP contribution in [0.15, 0.2) is 60.7 Å². The average Bonchev–Trinajstić information content (AvgIpc) is 2.75. The van der Waals surface area contributed by atoms with Crippen molar-refractivity contribution in [3.63, 3.8) is 0 Å². The third kappa shape index (κ3) is 3.58. The molecule has 0 aliphatic carbocycles. The van der Waals surface area contributed by atoms with E-state index in [0.717, 1.165) is 0 Å². The Balaban J connectivity index is 2.07. The van der Waals surface area contributed by atoms with Gasteiger partial charge in [0.1, 0.15) is 28.7 Å². The van der Waals surface area contributed by atoms with E-state index in [1.807, 2.05) is 0 Å². The van der Waals surface area contributed by atoms with E-state index in [1.54, 1.807) is 75.4 Å². The van der Waals surface area contributed by atoms with Gasteiger partial charge in [-0.15, -0.1) is 0 Å². The first-order valence-electron chi connectivity index (χ1n) is 10.2. The lowest BCUT2D eigenvalue weighted by molar-refractivity contribution is 0.464. The summed E-state index contributed by atoms with van der Waals surface area (Å²) in [7, 11) is 0. The van der Waals surface area contributed by atoms with Gasteiger partial charge in [-0.2, -0.15) is 0 Å². The second-order valence-electron chi connectivity index (χ2n) is 8.05. The van der Waals surface area contributed by atoms with Crippen molar-refractivity contribution >= 4 is 0 Å². The maximum atomic E-state index is 11.4. The van der Waals surface area contributed by atoms with Gasteiger partial charge in [-0.3, -0.25) is 0 Å². The normalized spacial score (nSPS) is 11.0. The average molecular weight is 428 g/mol. The van der Waals surface area contributed by atoms with E-state index in [2.05, 4.69) is 0 Å². The number of hydrogen-bond donors (Lipinski definition) is 5. The lowest BCUT2D eigenvalue weighted by atomic mass is 9.87. The number of hydrogen-bond acceptors (Lipinski definition) is 5. The molecule has 0 radical (unpaired) electrons. The molecule has 0 saturated heterocycles. The summed E-state index contributed by atoms with van der Waals surface area (Å²) in [5, 5.41) is 52.4. The van der Waals surface area contributed by atoms with Gasteiger partial charge in [0.05, 0.1) is 0 Å². The zero-order valence-corrected chi connectivity index (χ0v) is 18.0. The first kappa shape index (κ1) is 21.1. The highest BCUT2D eigenvalue weighted by molar-refractivity contribution is 5.97. The van der Waals surface area contributed by atoms with Crippen LogP contribution in [0.1, 0.15) is 16.7 Å². The van der Waals surface area contributed by atoms with Gasteiger partial charge < -0.3 is 25.5 Å². The summed E-state index contributed by atoms with van der Waals surface area (Å²) in [6.07, 6.45) is 0. The fraction of sp³-hybridized carbons (Fsp3) is 0.111. The molecular weight excluding hydrogens is 404 g/mol. The Labute approximate surface area is 186 Å². The third-order valence-corrected chi connectivity index (χ3v) is 5.76. The van der Waals surface area contributed by atoms with Gasteiger partial charge >= 0.3 is 0 Å². The number of phenolic OH excluding ortho intramolecular Hbond substituents is 5. The molecule has 0 bridgehead atoms. The molecule has 0 spiro atoms. The maximum Gasteiger partial charge on any atom is 0.132 e. The summed E-state index contributed by atoms with van der Waals surface area (Å²) in [6, 6.07) is 16.4. The monoisotopic (exact) mass is 428 g/mol. The van der Waals surface area contributed by atoms with E-state index in [9.17, 15) is 25.5 Å². The molecule has 0 heterocycles. The maximum absolute atomic E-state index is 11.4. The van der Waals surface area contributed by atoms with Crippen molar-refractivity contribution in [3.05, 3.63) is 77.4 Å². The van der Waals surface area contributed by atoms with Crippen LogP contribution in [0.4, 0.5) is 0 Å². The van der Waals surface area contributed by atoms with Crippen molar-refractivity contribution in [3.8, 4) is 62.1 Å². The van der Waals surface area contributed by atoms with Crippen LogP contribution in [-0.4, -0.2) is 25.5 Å². The van der Waals surface area contributed by atoms with Crippen LogP contribution in [-0.2, 0) is 0 Å². The molecule has 4 rings (SSSR count). The van der Waals surface area contributed by atoms with Crippen molar-refractivity contribution in [1.29, 1.82) is 0 Å². The van der Waals surface area contributed by atoms with Gasteiger partial charge in [0, 0.05) is 16.7 Å². The second-order valence-corrected chi connectivity index (χ2v) is 8.05. The number of benzene rings is 4. The first-order valence-corrected chi connectivity index (χ1v) is 10.2. The van der Waals surface area contributed by atoms with E-state index in [1.165, 1.54) is 6.07 Å². The Bertz CT molecular complexity index is 1350. The summed E-state index contributed by atoms with van der Waals surface area (Å²) in [6.45, 7) is 5.27. The molecule has 4 aromatic carbocycles. The summed E-state index contributed by atoms with van der Waals surface area (Å²) in [5.41, 5.74) is 5.00. The smallest absolute Gasteiger partial charge is 0.132 e. The number of phenols is 5. The Morgan fingerprint density at radius 2 is 0.844 bits per heavy atom. The van der Waals surface area contributed by atoms with Crippen molar-refractivity contribution in [2.24, 2.45) is 0 Å². The largest absolute Gasteiger partial charge is 0.508 e. The molecular formula is C27H24O5. The second kappa shape index (κ2) is 7.85. The SMILES string of the molecule is Cc1cc(-c2cc(O)c(-c3ccc(O)c(C)c3)c(-c3ccc(O)c(C)c3)c2O)ccc1O. The molecule has 0 atom stereocenters. The predicted octanol–water partition coefficient (Wildman–Crippen LogP) is 6.14. The molecule has 0 saturated carbocycles. The standard InChI is InChI=1S/C27H24O5/c1-14-10-17(4-7-21(14)28)20-13-24(31)25(18-5-8-22(29)15(2)11-18)26(27(20)32)19-6-9-23(30)16(3)12-19/h4-13,28-32H,1-3H3. The molecule has 5 nitrogen and oxygen atoms in total. The van der Waals surface area contributed by atoms with E-state index in [0.29, 0.717) is 50.1 Å². The highest BCUT2D eigenvalue weighted by Crippen LogP contribution is 2.50. The van der Waals surface area contributed by atoms with Crippen LogP contribution in [0.2, 0.25) is 0 Å². The van der Waals surface area contributed by atoms with Crippen LogP contribution in [0, 0.1) is 20.8 Å². The van der Waals surface area contributed by atoms with Crippen molar-refractivity contribution in [1.82, 2.24) is 0 Å². The molecule has 0 aliphatic rings. The van der Waals surface area contributed by atoms with Crippen molar-refractivity contribution < 1.29 is 25.5 Å². The van der Waals surface area contributed by atoms with Crippen LogP contribution in [0.3, 0.4) is 0 Å². The third-order valence-electron chi connectivity index (χ3n) is 5.76. The van der Waals surface area contributed by atoms with E-state index in [-0.39, 0.29) is 28.7 Å². The fourth-order valence-electron chi connectivity index (χ4n) is 3.90. The zero-order valence-electron chi connectivity index (χ0n) is 18.0. The van der Waals surface area contributed by atoms with E-state index < -0.39 is 0 Å². The Kier molecular flexibility index (Phi) is 5.18. The van der Waals surface area contributed by atoms with Gasteiger partial charge in [0.2, 0.25) is 0 Å². The summed E-state index contributed by atoms with van der Waals surface area (Å²) >= 11 is 0. The van der Waals surface area contributed by atoms with Crippen LogP contribution in [0.5, 0.6) is 28.7 Å². The van der Waals surface area contributed by atoms with Crippen LogP contribution >= 0.6 is 0 Å². The zero-order chi connectivity index (χ0) is 23.2. The van der Waals surface area contributed by atoms with Gasteiger partial charge in [-0.1, -0.05) is 18.2 Å². The van der Waals surface area contributed by atoms with E-state index >= 15 is 0 Å². The summed E-state index contributed by atoms with van der Waals surface area (Å²) < 4.78 is 0. The van der Waals surface area contributed by atoms with Crippen LogP contribution < -0.4 is 0 Å². The fourth-order valence-corrected chi connectivity index (χ4v) is 3.90. The Morgan fingerprint density at radius 3 is 1.31 bits per heavy atom. The van der Waals surface area contributed by atoms with Gasteiger partial charge in [-0.05, 0) is 96.6 Å². The first-order chi connectivity index (χ1) is 15.2. The molecule has 5 N–H and O–H groups in total. The molecule has 0 fully saturated rings. The minimum atomic E-state index is -0.0469. The van der Waals surface area contributed by atoms with Crippen molar-refractivity contribution in [2.45, 2.75) is 20.8 Å². The molecule has 0 aromatic heterocycles. The summed E-state index contributed by atoms with van der Waals surface area (Å²) in [5.74, 6) is 0.316. The van der Waals surface area contributed by atoms with Gasteiger partial charge in [0.15, 0.2) is 0 Å². The predicted molar refractivity (Wildman–Crippen MR) is 125 cm³/mol. The molecule has 5 heteroatoms. The molecule has 0 amide bonds. The Hall–Kier alpha value is -4.12. The van der Waals surface area contributed by atoms with Gasteiger partial charge in [0.25, 0.3) is 0 Å². The molecule has 0 unspecified atom stereocenters. The van der Waals surface area contributed by atoms with Crippen molar-refractivity contribution in [2.75, 3.05) is 0 Å². The van der Waals surface area contributed by atoms with Crippen LogP contribution in [0.25, 0.3) is 33.4 Å². The molecule has 4 aromatic rings. The van der Waals surface area contributed by atoms with E-state index in [4.69, 9.17) is 0 Å². The molecule has 162 valence electrons. The molecule has 0 aliphatic heterocycles. The lowest BCUT2D eigenvalue weighted by Crippen LogP contribution is -1.93. The minimum Gasteiger partial charge on any atom is -0.508 e. The number of rotatable bonds is 3. The minimum absolute atomic E-state index is 0.0429. The van der Waals surface area contributed by atoms with Gasteiger partial charge in [-0.25, -0.2) is 0 Å². The lowest BCUT2D eigenvalue weighted by Gasteiger charge is -2.19. The highest BCUT2D eigenvalue weighted by atomic mass is 16.3.